The molecule has 9 heteroatoms. The van der Waals surface area contributed by atoms with Gasteiger partial charge in [-0.25, -0.2) is 0 Å². The summed E-state index contributed by atoms with van der Waals surface area (Å²) in [7, 11) is 4.09. The van der Waals surface area contributed by atoms with Crippen molar-refractivity contribution in [1.82, 2.24) is 9.80 Å². The summed E-state index contributed by atoms with van der Waals surface area (Å²) in [6.07, 6.45) is 3.24. The highest BCUT2D eigenvalue weighted by Gasteiger charge is 2.35. The van der Waals surface area contributed by atoms with Gasteiger partial charge in [0, 0.05) is 38.6 Å². The molecule has 2 fully saturated rings. The third-order valence-electron chi connectivity index (χ3n) is 5.87. The molecule has 2 N–H and O–H groups in total. The molecule has 1 aliphatic carbocycles. The Labute approximate surface area is 199 Å². The van der Waals surface area contributed by atoms with Crippen molar-refractivity contribution in [3.8, 4) is 5.75 Å². The molecule has 30 heavy (non-hydrogen) atoms. The quantitative estimate of drug-likeness (QED) is 0.646. The van der Waals surface area contributed by atoms with Gasteiger partial charge in [-0.1, -0.05) is 18.6 Å². The number of nitrogens with two attached hydrogens (primary N) is 1. The Bertz CT molecular complexity index is 628. The molecule has 1 aliphatic heterocycles. The zero-order valence-electron chi connectivity index (χ0n) is 18.0. The number of ether oxygens (including phenoxy) is 1. The highest BCUT2D eigenvalue weighted by Crippen LogP contribution is 2.33. The second-order valence-electron chi connectivity index (χ2n) is 7.96. The van der Waals surface area contributed by atoms with Crippen LogP contribution in [0.1, 0.15) is 19.3 Å². The third-order valence-corrected chi connectivity index (χ3v) is 5.87. The molecule has 1 heterocycles. The van der Waals surface area contributed by atoms with Gasteiger partial charge in [-0.2, -0.15) is 0 Å². The normalized spacial score (nSPS) is 20.8. The van der Waals surface area contributed by atoms with E-state index in [1.54, 1.807) is 0 Å². The standard InChI is InChI=1S/C21H34N4O2.3ClH/c1-23(2)14-15-27-20-9-4-3-8-19(20)24-10-12-25(13-11-24)21(26)18-7-5-6-17(18)16-22;;;/h3-4,8-9,17-18H,5-7,10-16,22H2,1-2H3;3*1H/t17-,18-;;;/m1.../s1. The molecule has 0 unspecified atom stereocenters. The van der Waals surface area contributed by atoms with Crippen molar-refractivity contribution < 1.29 is 9.53 Å². The largest absolute Gasteiger partial charge is 0.490 e. The molecule has 1 amide bonds. The number of rotatable bonds is 7. The predicted molar refractivity (Wildman–Crippen MR) is 131 cm³/mol. The summed E-state index contributed by atoms with van der Waals surface area (Å²) < 4.78 is 6.01. The van der Waals surface area contributed by atoms with Crippen molar-refractivity contribution in [3.63, 3.8) is 0 Å². The van der Waals surface area contributed by atoms with Gasteiger partial charge in [-0.3, -0.25) is 4.79 Å². The van der Waals surface area contributed by atoms with E-state index in [4.69, 9.17) is 10.5 Å². The number of halogens is 3. The maximum atomic E-state index is 12.9. The Hall–Kier alpha value is -0.920. The maximum absolute atomic E-state index is 12.9. The van der Waals surface area contributed by atoms with Gasteiger partial charge in [0.05, 0.1) is 5.69 Å². The van der Waals surface area contributed by atoms with Crippen molar-refractivity contribution >= 4 is 48.8 Å². The minimum absolute atomic E-state index is 0. The summed E-state index contributed by atoms with van der Waals surface area (Å²) in [5.41, 5.74) is 7.00. The number of hydrogen-bond donors (Lipinski definition) is 1. The van der Waals surface area contributed by atoms with Crippen molar-refractivity contribution in [2.75, 3.05) is 64.9 Å². The number of carbonyl (C=O) groups excluding carboxylic acids is 1. The number of likely N-dealkylation sites (N-methyl/N-ethyl adjacent to an activating group) is 1. The van der Waals surface area contributed by atoms with Crippen LogP contribution in [-0.2, 0) is 4.79 Å². The molecule has 1 aromatic carbocycles. The number of amides is 1. The second kappa shape index (κ2) is 14.2. The fourth-order valence-corrected chi connectivity index (χ4v) is 4.22. The minimum Gasteiger partial charge on any atom is -0.490 e. The molecule has 1 saturated carbocycles. The lowest BCUT2D eigenvalue weighted by molar-refractivity contribution is -0.136. The van der Waals surface area contributed by atoms with Crippen LogP contribution in [-0.4, -0.2) is 75.7 Å². The first kappa shape index (κ1) is 29.1. The van der Waals surface area contributed by atoms with Crippen LogP contribution in [0.5, 0.6) is 5.75 Å². The fraction of sp³-hybridized carbons (Fsp3) is 0.667. The van der Waals surface area contributed by atoms with E-state index >= 15 is 0 Å². The average molecular weight is 484 g/mol. The molecule has 2 aliphatic rings. The van der Waals surface area contributed by atoms with Gasteiger partial charge >= 0.3 is 0 Å². The lowest BCUT2D eigenvalue weighted by Crippen LogP contribution is -2.51. The van der Waals surface area contributed by atoms with Crippen LogP contribution in [0, 0.1) is 11.8 Å². The van der Waals surface area contributed by atoms with Crippen LogP contribution in [0.4, 0.5) is 5.69 Å². The maximum Gasteiger partial charge on any atom is 0.226 e. The molecule has 6 nitrogen and oxygen atoms in total. The predicted octanol–water partition coefficient (Wildman–Crippen LogP) is 2.92. The van der Waals surface area contributed by atoms with E-state index in [1.807, 2.05) is 31.1 Å². The number of nitrogens with zero attached hydrogens (tertiary/aromatic N) is 3. The zero-order chi connectivity index (χ0) is 19.2. The van der Waals surface area contributed by atoms with Crippen LogP contribution < -0.4 is 15.4 Å². The van der Waals surface area contributed by atoms with Crippen LogP contribution in [0.15, 0.2) is 24.3 Å². The molecule has 1 saturated heterocycles. The van der Waals surface area contributed by atoms with E-state index in [0.717, 1.165) is 63.4 Å². The Morgan fingerprint density at radius 1 is 1.10 bits per heavy atom. The highest BCUT2D eigenvalue weighted by atomic mass is 35.5. The molecule has 0 spiro atoms. The molecule has 0 radical (unpaired) electrons. The highest BCUT2D eigenvalue weighted by molar-refractivity contribution is 5.86. The lowest BCUT2D eigenvalue weighted by atomic mass is 9.94. The van der Waals surface area contributed by atoms with Gasteiger partial charge < -0.3 is 25.2 Å². The Balaban J connectivity index is 0.00000280. The van der Waals surface area contributed by atoms with Crippen molar-refractivity contribution in [3.05, 3.63) is 24.3 Å². The molecule has 174 valence electrons. The molecule has 1 aromatic rings. The van der Waals surface area contributed by atoms with Gasteiger partial charge in [0.2, 0.25) is 5.91 Å². The number of piperazine rings is 1. The number of hydrogen-bond acceptors (Lipinski definition) is 5. The van der Waals surface area contributed by atoms with Crippen molar-refractivity contribution in [1.29, 1.82) is 0 Å². The molecule has 3 rings (SSSR count). The van der Waals surface area contributed by atoms with Crippen LogP contribution in [0.2, 0.25) is 0 Å². The summed E-state index contributed by atoms with van der Waals surface area (Å²) in [6.45, 7) is 5.44. The summed E-state index contributed by atoms with van der Waals surface area (Å²) in [5.74, 6) is 1.76. The van der Waals surface area contributed by atoms with Crippen LogP contribution in [0.25, 0.3) is 0 Å². The van der Waals surface area contributed by atoms with E-state index in [-0.39, 0.29) is 43.1 Å². The summed E-state index contributed by atoms with van der Waals surface area (Å²) in [6, 6.07) is 8.22. The first-order valence-corrected chi connectivity index (χ1v) is 10.2. The van der Waals surface area contributed by atoms with Gasteiger partial charge in [0.25, 0.3) is 0 Å². The summed E-state index contributed by atoms with van der Waals surface area (Å²) >= 11 is 0. The zero-order valence-corrected chi connectivity index (χ0v) is 20.4. The first-order valence-electron chi connectivity index (χ1n) is 10.2. The van der Waals surface area contributed by atoms with Crippen molar-refractivity contribution in [2.24, 2.45) is 17.6 Å². The Kier molecular flexibility index (Phi) is 13.8. The van der Waals surface area contributed by atoms with Gasteiger partial charge in [-0.15, -0.1) is 37.2 Å². The van der Waals surface area contributed by atoms with Crippen LogP contribution in [0.3, 0.4) is 0 Å². The van der Waals surface area contributed by atoms with Crippen molar-refractivity contribution in [2.45, 2.75) is 19.3 Å². The minimum atomic E-state index is 0. The number of para-hydroxylation sites is 2. The summed E-state index contributed by atoms with van der Waals surface area (Å²) in [5, 5.41) is 0. The van der Waals surface area contributed by atoms with Crippen LogP contribution >= 0.6 is 37.2 Å². The lowest BCUT2D eigenvalue weighted by Gasteiger charge is -2.38. The van der Waals surface area contributed by atoms with E-state index < -0.39 is 0 Å². The van der Waals surface area contributed by atoms with Gasteiger partial charge in [0.15, 0.2) is 0 Å². The van der Waals surface area contributed by atoms with Gasteiger partial charge in [0.1, 0.15) is 12.4 Å². The molecular weight excluding hydrogens is 447 g/mol. The summed E-state index contributed by atoms with van der Waals surface area (Å²) in [4.78, 5) is 19.4. The van der Waals surface area contributed by atoms with E-state index in [9.17, 15) is 4.79 Å². The SMILES string of the molecule is CN(C)CCOc1ccccc1N1CCN(C(=O)[C@@H]2CCC[C@@H]2CN)CC1.Cl.Cl.Cl. The fourth-order valence-electron chi connectivity index (χ4n) is 4.22. The number of carbonyl (C=O) groups is 1. The number of benzene rings is 1. The molecule has 0 aromatic heterocycles. The first-order chi connectivity index (χ1) is 13.1. The third kappa shape index (κ3) is 7.34. The Morgan fingerprint density at radius 3 is 2.40 bits per heavy atom. The van der Waals surface area contributed by atoms with E-state index in [1.165, 1.54) is 0 Å². The molecule has 0 bridgehead atoms. The van der Waals surface area contributed by atoms with E-state index in [0.29, 0.717) is 25.0 Å². The number of anilines is 1. The smallest absolute Gasteiger partial charge is 0.226 e. The second-order valence-corrected chi connectivity index (χ2v) is 7.96. The molecule has 2 atom stereocenters. The topological polar surface area (TPSA) is 62.0 Å². The average Bonchev–Trinajstić information content (AvgIpc) is 3.16. The Morgan fingerprint density at radius 2 is 1.77 bits per heavy atom. The van der Waals surface area contributed by atoms with Gasteiger partial charge in [-0.05, 0) is 51.5 Å². The molecular formula is C21H37Cl3N4O2. The monoisotopic (exact) mass is 482 g/mol. The van der Waals surface area contributed by atoms with E-state index in [2.05, 4.69) is 21.9 Å².